The third-order valence-corrected chi connectivity index (χ3v) is 2.60. The molecule has 1 aromatic rings. The van der Waals surface area contributed by atoms with Crippen molar-refractivity contribution in [1.82, 2.24) is 20.4 Å². The minimum absolute atomic E-state index is 0.664. The fourth-order valence-corrected chi connectivity index (χ4v) is 1.65. The van der Waals surface area contributed by atoms with Crippen molar-refractivity contribution in [2.75, 3.05) is 13.1 Å². The smallest absolute Gasteiger partial charge is 0.191 e. The minimum Gasteiger partial charge on any atom is -0.357 e. The van der Waals surface area contributed by atoms with Gasteiger partial charge in [-0.05, 0) is 13.3 Å². The Balaban J connectivity index is 2.39. The Morgan fingerprint density at radius 1 is 1.33 bits per heavy atom. The van der Waals surface area contributed by atoms with Crippen LogP contribution in [0.1, 0.15) is 38.7 Å². The molecule has 0 atom stereocenters. The van der Waals surface area contributed by atoms with Crippen molar-refractivity contribution in [3.05, 3.63) is 18.0 Å². The van der Waals surface area contributed by atoms with Crippen LogP contribution in [0.25, 0.3) is 0 Å². The third kappa shape index (κ3) is 5.70. The minimum atomic E-state index is 0.664. The molecule has 5 heteroatoms. The molecular weight excluding hydrogens is 226 g/mol. The molecule has 0 aromatic carbocycles. The van der Waals surface area contributed by atoms with E-state index >= 15 is 0 Å². The van der Waals surface area contributed by atoms with Gasteiger partial charge >= 0.3 is 0 Å². The number of unbranched alkanes of at least 4 members (excludes halogenated alkanes) is 2. The highest BCUT2D eigenvalue weighted by Gasteiger charge is 1.98. The molecule has 5 nitrogen and oxygen atoms in total. The summed E-state index contributed by atoms with van der Waals surface area (Å²) in [5, 5.41) is 10.7. The van der Waals surface area contributed by atoms with Gasteiger partial charge in [0.15, 0.2) is 5.96 Å². The highest BCUT2D eigenvalue weighted by atomic mass is 15.2. The Morgan fingerprint density at radius 2 is 2.17 bits per heavy atom. The van der Waals surface area contributed by atoms with Gasteiger partial charge in [-0.2, -0.15) is 5.10 Å². The second-order valence-corrected chi connectivity index (χ2v) is 4.35. The van der Waals surface area contributed by atoms with Gasteiger partial charge in [0.2, 0.25) is 0 Å². The van der Waals surface area contributed by atoms with Crippen LogP contribution in [0.3, 0.4) is 0 Å². The predicted molar refractivity (Wildman–Crippen MR) is 75.6 cm³/mol. The monoisotopic (exact) mass is 251 g/mol. The Bertz CT molecular complexity index is 356. The number of nitrogens with zero attached hydrogens (tertiary/aromatic N) is 3. The molecule has 0 fully saturated rings. The molecule has 1 aromatic heterocycles. The molecular formula is C13H25N5. The molecule has 0 aliphatic carbocycles. The summed E-state index contributed by atoms with van der Waals surface area (Å²) in [6.07, 6.45) is 7.53. The summed E-state index contributed by atoms with van der Waals surface area (Å²) in [5.41, 5.74) is 1.13. The fraction of sp³-hybridized carbons (Fsp3) is 0.692. The third-order valence-electron chi connectivity index (χ3n) is 2.60. The molecule has 1 heterocycles. The van der Waals surface area contributed by atoms with Crippen LogP contribution in [0.5, 0.6) is 0 Å². The molecule has 0 bridgehead atoms. The molecule has 102 valence electrons. The van der Waals surface area contributed by atoms with E-state index in [2.05, 4.69) is 34.6 Å². The number of hydrogen-bond acceptors (Lipinski definition) is 2. The van der Waals surface area contributed by atoms with Crippen molar-refractivity contribution < 1.29 is 0 Å². The molecule has 1 rings (SSSR count). The van der Waals surface area contributed by atoms with Gasteiger partial charge in [-0.1, -0.05) is 19.8 Å². The van der Waals surface area contributed by atoms with Crippen LogP contribution in [0.2, 0.25) is 0 Å². The number of aromatic nitrogens is 2. The summed E-state index contributed by atoms with van der Waals surface area (Å²) in [7, 11) is 1.92. The number of aryl methyl sites for hydroxylation is 1. The van der Waals surface area contributed by atoms with Crippen LogP contribution in [0.4, 0.5) is 0 Å². The van der Waals surface area contributed by atoms with Gasteiger partial charge in [0.05, 0.1) is 12.7 Å². The molecule has 0 saturated heterocycles. The van der Waals surface area contributed by atoms with Crippen molar-refractivity contribution in [1.29, 1.82) is 0 Å². The lowest BCUT2D eigenvalue weighted by Crippen LogP contribution is -2.37. The van der Waals surface area contributed by atoms with E-state index in [-0.39, 0.29) is 0 Å². The molecule has 18 heavy (non-hydrogen) atoms. The summed E-state index contributed by atoms with van der Waals surface area (Å²) < 4.78 is 1.80. The van der Waals surface area contributed by atoms with Crippen molar-refractivity contribution in [3.8, 4) is 0 Å². The van der Waals surface area contributed by atoms with Crippen LogP contribution in [0, 0.1) is 0 Å². The standard InChI is InChI=1S/C13H25N5/c1-4-6-7-8-15-13(14-5-2)16-9-12-10-17-18(3)11-12/h10-11H,4-9H2,1-3H3,(H2,14,15,16). The van der Waals surface area contributed by atoms with Crippen LogP contribution in [-0.4, -0.2) is 28.8 Å². The van der Waals surface area contributed by atoms with Crippen molar-refractivity contribution in [2.24, 2.45) is 12.0 Å². The zero-order chi connectivity index (χ0) is 13.2. The number of rotatable bonds is 7. The van der Waals surface area contributed by atoms with Crippen LogP contribution < -0.4 is 10.6 Å². The van der Waals surface area contributed by atoms with Gasteiger partial charge in [-0.3, -0.25) is 4.68 Å². The Labute approximate surface area is 110 Å². The predicted octanol–water partition coefficient (Wildman–Crippen LogP) is 1.67. The number of hydrogen-bond donors (Lipinski definition) is 2. The average Bonchev–Trinajstić information content (AvgIpc) is 2.77. The largest absolute Gasteiger partial charge is 0.357 e. The Kier molecular flexibility index (Phi) is 6.91. The Hall–Kier alpha value is -1.52. The zero-order valence-corrected chi connectivity index (χ0v) is 11.7. The van der Waals surface area contributed by atoms with Crippen LogP contribution in [-0.2, 0) is 13.6 Å². The van der Waals surface area contributed by atoms with Gasteiger partial charge in [-0.25, -0.2) is 4.99 Å². The van der Waals surface area contributed by atoms with E-state index in [1.54, 1.807) is 4.68 Å². The lowest BCUT2D eigenvalue weighted by molar-refractivity contribution is 0.683. The molecule has 0 saturated carbocycles. The van der Waals surface area contributed by atoms with E-state index in [4.69, 9.17) is 0 Å². The van der Waals surface area contributed by atoms with Crippen LogP contribution >= 0.6 is 0 Å². The number of aliphatic imine (C=N–C) groups is 1. The van der Waals surface area contributed by atoms with E-state index in [1.165, 1.54) is 19.3 Å². The number of guanidine groups is 1. The van der Waals surface area contributed by atoms with Crippen molar-refractivity contribution in [2.45, 2.75) is 39.7 Å². The maximum atomic E-state index is 4.54. The number of nitrogens with one attached hydrogen (secondary N) is 2. The molecule has 2 N–H and O–H groups in total. The van der Waals surface area contributed by atoms with E-state index < -0.39 is 0 Å². The molecule has 0 aliphatic heterocycles. The second-order valence-electron chi connectivity index (χ2n) is 4.35. The van der Waals surface area contributed by atoms with Crippen LogP contribution in [0.15, 0.2) is 17.4 Å². The average molecular weight is 251 g/mol. The van der Waals surface area contributed by atoms with Gasteiger partial charge < -0.3 is 10.6 Å². The fourth-order valence-electron chi connectivity index (χ4n) is 1.65. The maximum absolute atomic E-state index is 4.54. The van der Waals surface area contributed by atoms with E-state index in [0.717, 1.165) is 24.6 Å². The summed E-state index contributed by atoms with van der Waals surface area (Å²) in [6.45, 7) is 6.81. The summed E-state index contributed by atoms with van der Waals surface area (Å²) >= 11 is 0. The molecule has 0 unspecified atom stereocenters. The van der Waals surface area contributed by atoms with E-state index in [0.29, 0.717) is 6.54 Å². The van der Waals surface area contributed by atoms with Crippen molar-refractivity contribution in [3.63, 3.8) is 0 Å². The summed E-state index contributed by atoms with van der Waals surface area (Å²) in [4.78, 5) is 4.54. The highest BCUT2D eigenvalue weighted by molar-refractivity contribution is 5.79. The first-order valence-corrected chi connectivity index (χ1v) is 6.76. The van der Waals surface area contributed by atoms with Gasteiger partial charge in [-0.15, -0.1) is 0 Å². The van der Waals surface area contributed by atoms with Gasteiger partial charge in [0.1, 0.15) is 0 Å². The normalized spacial score (nSPS) is 11.6. The first-order valence-electron chi connectivity index (χ1n) is 6.76. The quantitative estimate of drug-likeness (QED) is 0.440. The van der Waals surface area contributed by atoms with Gasteiger partial charge in [0, 0.05) is 31.9 Å². The topological polar surface area (TPSA) is 54.2 Å². The SMILES string of the molecule is CCCCCNC(=NCc1cnn(C)c1)NCC. The highest BCUT2D eigenvalue weighted by Crippen LogP contribution is 1.98. The maximum Gasteiger partial charge on any atom is 0.191 e. The second kappa shape index (κ2) is 8.55. The molecule has 0 spiro atoms. The lowest BCUT2D eigenvalue weighted by Gasteiger charge is -2.10. The lowest BCUT2D eigenvalue weighted by atomic mass is 10.2. The van der Waals surface area contributed by atoms with Crippen molar-refractivity contribution >= 4 is 5.96 Å². The summed E-state index contributed by atoms with van der Waals surface area (Å²) in [5.74, 6) is 0.887. The van der Waals surface area contributed by atoms with Gasteiger partial charge in [0.25, 0.3) is 0 Å². The van der Waals surface area contributed by atoms with E-state index in [9.17, 15) is 0 Å². The zero-order valence-electron chi connectivity index (χ0n) is 11.7. The van der Waals surface area contributed by atoms with E-state index in [1.807, 2.05) is 19.4 Å². The summed E-state index contributed by atoms with van der Waals surface area (Å²) in [6, 6.07) is 0. The Morgan fingerprint density at radius 3 is 2.78 bits per heavy atom. The molecule has 0 aliphatic rings. The molecule has 0 radical (unpaired) electrons. The first kappa shape index (κ1) is 14.5. The first-order chi connectivity index (χ1) is 8.76. The molecule has 0 amide bonds.